The first kappa shape index (κ1) is 14.9. The van der Waals surface area contributed by atoms with Crippen LogP contribution in [0.4, 0.5) is 5.69 Å². The van der Waals surface area contributed by atoms with E-state index in [-0.39, 0.29) is 23.4 Å². The van der Waals surface area contributed by atoms with E-state index >= 15 is 0 Å². The Balaban J connectivity index is 1.59. The van der Waals surface area contributed by atoms with Crippen molar-refractivity contribution in [3.8, 4) is 0 Å². The Morgan fingerprint density at radius 1 is 1.17 bits per heavy atom. The second-order valence-corrected chi connectivity index (χ2v) is 5.41. The molecule has 1 saturated carbocycles. The maximum absolute atomic E-state index is 12.0. The summed E-state index contributed by atoms with van der Waals surface area (Å²) in [6.45, 7) is 0. The number of nitrogens with zero attached hydrogens (tertiary/aromatic N) is 2. The predicted molar refractivity (Wildman–Crippen MR) is 86.1 cm³/mol. The van der Waals surface area contributed by atoms with Gasteiger partial charge >= 0.3 is 0 Å². The van der Waals surface area contributed by atoms with Crippen molar-refractivity contribution in [2.75, 3.05) is 0 Å². The Morgan fingerprint density at radius 2 is 1.87 bits per heavy atom. The molecule has 1 amide bonds. The molecule has 1 N–H and O–H groups in total. The fourth-order valence-electron chi connectivity index (χ4n) is 2.56. The predicted octanol–water partition coefficient (Wildman–Crippen LogP) is 2.85. The first-order chi connectivity index (χ1) is 11.2. The van der Waals surface area contributed by atoms with Crippen LogP contribution in [0, 0.1) is 16.0 Å². The van der Waals surface area contributed by atoms with E-state index in [2.05, 4.69) is 10.5 Å². The van der Waals surface area contributed by atoms with E-state index in [1.165, 1.54) is 12.3 Å². The van der Waals surface area contributed by atoms with E-state index in [4.69, 9.17) is 0 Å². The zero-order chi connectivity index (χ0) is 16.2. The summed E-state index contributed by atoms with van der Waals surface area (Å²) in [6, 6.07) is 16.1. The van der Waals surface area contributed by atoms with Crippen molar-refractivity contribution in [1.29, 1.82) is 0 Å². The average Bonchev–Trinajstić information content (AvgIpc) is 3.36. The van der Waals surface area contributed by atoms with Crippen LogP contribution in [0.2, 0.25) is 0 Å². The van der Waals surface area contributed by atoms with Gasteiger partial charge in [0.25, 0.3) is 5.69 Å². The first-order valence-electron chi connectivity index (χ1n) is 7.28. The van der Waals surface area contributed by atoms with Crippen LogP contribution in [0.5, 0.6) is 0 Å². The molecule has 6 heteroatoms. The Labute approximate surface area is 133 Å². The lowest BCUT2D eigenvalue weighted by atomic mass is 10.1. The van der Waals surface area contributed by atoms with Crippen molar-refractivity contribution >= 4 is 17.8 Å². The first-order valence-corrected chi connectivity index (χ1v) is 7.28. The highest BCUT2D eigenvalue weighted by Gasteiger charge is 2.43. The van der Waals surface area contributed by atoms with Crippen molar-refractivity contribution in [2.24, 2.45) is 11.0 Å². The van der Waals surface area contributed by atoms with Gasteiger partial charge < -0.3 is 0 Å². The third kappa shape index (κ3) is 3.42. The molecule has 116 valence electrons. The highest BCUT2D eigenvalue weighted by atomic mass is 16.6. The van der Waals surface area contributed by atoms with Crippen LogP contribution in [-0.2, 0) is 4.79 Å². The molecule has 0 bridgehead atoms. The minimum atomic E-state index is -0.477. The van der Waals surface area contributed by atoms with Gasteiger partial charge in [0.1, 0.15) is 0 Å². The molecule has 1 fully saturated rings. The topological polar surface area (TPSA) is 84.6 Å². The van der Waals surface area contributed by atoms with Gasteiger partial charge in [-0.3, -0.25) is 14.9 Å². The monoisotopic (exact) mass is 309 g/mol. The van der Waals surface area contributed by atoms with Crippen LogP contribution in [0.15, 0.2) is 59.7 Å². The van der Waals surface area contributed by atoms with Crippen LogP contribution >= 0.6 is 0 Å². The number of nitro groups is 1. The van der Waals surface area contributed by atoms with E-state index in [0.29, 0.717) is 5.56 Å². The van der Waals surface area contributed by atoms with E-state index in [1.54, 1.807) is 18.2 Å². The van der Waals surface area contributed by atoms with Gasteiger partial charge in [-0.05, 0) is 24.0 Å². The fraction of sp³-hybridized carbons (Fsp3) is 0.176. The molecule has 3 rings (SSSR count). The van der Waals surface area contributed by atoms with E-state index < -0.39 is 4.92 Å². The van der Waals surface area contributed by atoms with Crippen LogP contribution in [0.3, 0.4) is 0 Å². The summed E-state index contributed by atoms with van der Waals surface area (Å²) in [5, 5.41) is 14.7. The Bertz CT molecular complexity index is 759. The minimum Gasteiger partial charge on any atom is -0.273 e. The van der Waals surface area contributed by atoms with Crippen LogP contribution < -0.4 is 5.43 Å². The van der Waals surface area contributed by atoms with Gasteiger partial charge in [0.2, 0.25) is 5.91 Å². The van der Waals surface area contributed by atoms with Crippen molar-refractivity contribution in [2.45, 2.75) is 12.3 Å². The van der Waals surface area contributed by atoms with E-state index in [0.717, 1.165) is 12.0 Å². The van der Waals surface area contributed by atoms with E-state index in [1.807, 2.05) is 30.3 Å². The normalized spacial score (nSPS) is 19.5. The number of nitro benzene ring substituents is 1. The van der Waals surface area contributed by atoms with E-state index in [9.17, 15) is 14.9 Å². The van der Waals surface area contributed by atoms with Gasteiger partial charge in [0.15, 0.2) is 0 Å². The summed E-state index contributed by atoms with van der Waals surface area (Å²) in [7, 11) is 0. The van der Waals surface area contributed by atoms with Gasteiger partial charge in [-0.15, -0.1) is 0 Å². The van der Waals surface area contributed by atoms with Crippen molar-refractivity contribution < 1.29 is 9.72 Å². The number of hydrazone groups is 1. The number of hydrogen-bond donors (Lipinski definition) is 1. The van der Waals surface area contributed by atoms with Gasteiger partial charge in [-0.1, -0.05) is 42.5 Å². The minimum absolute atomic E-state index is 0.0425. The zero-order valence-corrected chi connectivity index (χ0v) is 12.3. The highest BCUT2D eigenvalue weighted by Crippen LogP contribution is 2.47. The molecular weight excluding hydrogens is 294 g/mol. The van der Waals surface area contributed by atoms with Crippen LogP contribution in [-0.4, -0.2) is 17.0 Å². The van der Waals surface area contributed by atoms with Gasteiger partial charge in [0, 0.05) is 12.0 Å². The lowest BCUT2D eigenvalue weighted by molar-refractivity contribution is -0.385. The Morgan fingerprint density at radius 3 is 2.61 bits per heavy atom. The molecule has 0 aliphatic heterocycles. The van der Waals surface area contributed by atoms with Gasteiger partial charge in [-0.25, -0.2) is 5.43 Å². The molecule has 2 atom stereocenters. The molecule has 0 radical (unpaired) electrons. The smallest absolute Gasteiger partial charge is 0.273 e. The molecule has 2 aromatic rings. The third-order valence-corrected chi connectivity index (χ3v) is 3.87. The van der Waals surface area contributed by atoms with Crippen molar-refractivity contribution in [3.63, 3.8) is 0 Å². The van der Waals surface area contributed by atoms with Crippen LogP contribution in [0.1, 0.15) is 23.5 Å². The molecule has 0 aromatic heterocycles. The van der Waals surface area contributed by atoms with Gasteiger partial charge in [-0.2, -0.15) is 5.10 Å². The SMILES string of the molecule is O=C(N/N=C/c1ccccc1[N+](=O)[O-])C1CC1c1ccccc1. The fourth-order valence-corrected chi connectivity index (χ4v) is 2.56. The van der Waals surface area contributed by atoms with Gasteiger partial charge in [0.05, 0.1) is 16.7 Å². The number of nitrogens with one attached hydrogen (secondary N) is 1. The lowest BCUT2D eigenvalue weighted by Gasteiger charge is -2.00. The second kappa shape index (κ2) is 6.39. The Hall–Kier alpha value is -3.02. The molecule has 0 spiro atoms. The summed E-state index contributed by atoms with van der Waals surface area (Å²) < 4.78 is 0. The molecule has 0 saturated heterocycles. The standard InChI is InChI=1S/C17H15N3O3/c21-17(15-10-14(15)12-6-2-1-3-7-12)19-18-11-13-8-4-5-9-16(13)20(22)23/h1-9,11,14-15H,10H2,(H,19,21)/b18-11+. The Kier molecular flexibility index (Phi) is 4.14. The molecule has 23 heavy (non-hydrogen) atoms. The summed E-state index contributed by atoms with van der Waals surface area (Å²) >= 11 is 0. The molecule has 1 aliphatic carbocycles. The number of carbonyl (C=O) groups excluding carboxylic acids is 1. The lowest BCUT2D eigenvalue weighted by Crippen LogP contribution is -2.20. The largest absolute Gasteiger partial charge is 0.278 e. The number of para-hydroxylation sites is 1. The van der Waals surface area contributed by atoms with Crippen LogP contribution in [0.25, 0.3) is 0 Å². The maximum Gasteiger partial charge on any atom is 0.278 e. The zero-order valence-electron chi connectivity index (χ0n) is 12.3. The molecule has 0 heterocycles. The molecule has 1 aliphatic rings. The van der Waals surface area contributed by atoms with Crippen molar-refractivity contribution in [3.05, 3.63) is 75.8 Å². The van der Waals surface area contributed by atoms with Crippen molar-refractivity contribution in [1.82, 2.24) is 5.43 Å². The number of rotatable bonds is 5. The summed E-state index contributed by atoms with van der Waals surface area (Å²) in [5.41, 5.74) is 3.93. The number of carbonyl (C=O) groups is 1. The third-order valence-electron chi connectivity index (χ3n) is 3.87. The maximum atomic E-state index is 12.0. The molecule has 6 nitrogen and oxygen atoms in total. The number of benzene rings is 2. The molecule has 2 aromatic carbocycles. The molecular formula is C17H15N3O3. The molecule has 2 unspecified atom stereocenters. The highest BCUT2D eigenvalue weighted by molar-refractivity contribution is 5.88. The number of hydrogen-bond acceptors (Lipinski definition) is 4. The summed E-state index contributed by atoms with van der Waals surface area (Å²) in [5.74, 6) is -0.00791. The second-order valence-electron chi connectivity index (χ2n) is 5.41. The average molecular weight is 309 g/mol. The quantitative estimate of drug-likeness (QED) is 0.523. The summed E-state index contributed by atoms with van der Waals surface area (Å²) in [6.07, 6.45) is 2.10. The summed E-state index contributed by atoms with van der Waals surface area (Å²) in [4.78, 5) is 22.5. The number of amides is 1.